The van der Waals surface area contributed by atoms with Crippen LogP contribution >= 0.6 is 0 Å². The fourth-order valence-corrected chi connectivity index (χ4v) is 3.76. The molecule has 5 nitrogen and oxygen atoms in total. The zero-order chi connectivity index (χ0) is 21.5. The van der Waals surface area contributed by atoms with E-state index in [0.717, 1.165) is 60.5 Å². The van der Waals surface area contributed by atoms with Crippen LogP contribution in [0.3, 0.4) is 0 Å². The fraction of sp³-hybridized carbons (Fsp3) is 0.440. The van der Waals surface area contributed by atoms with Crippen LogP contribution in [0.1, 0.15) is 55.4 Å². The van der Waals surface area contributed by atoms with Gasteiger partial charge in [0.2, 0.25) is 0 Å². The van der Waals surface area contributed by atoms with E-state index in [-0.39, 0.29) is 5.91 Å². The van der Waals surface area contributed by atoms with Gasteiger partial charge in [-0.2, -0.15) is 0 Å². The molecule has 0 aliphatic carbocycles. The number of fused-ring (bicyclic) bond motifs is 1. The standard InChI is InChI=1S/C25H34N4O/c1-5-14-29-23-12-7-6-11-22(23)27-24(29)18-28(15-13-19(2)3)25(30)21-10-8-9-20(16-21)17-26-4/h6-12,16,19,26H,5,13-15,17-18H2,1-4H3. The Kier molecular flexibility index (Phi) is 7.63. The quantitative estimate of drug-likeness (QED) is 0.523. The number of hydrogen-bond donors (Lipinski definition) is 1. The Morgan fingerprint density at radius 3 is 2.70 bits per heavy atom. The molecule has 0 saturated carbocycles. The lowest BCUT2D eigenvalue weighted by Crippen LogP contribution is -2.33. The van der Waals surface area contributed by atoms with Crippen molar-refractivity contribution in [1.29, 1.82) is 0 Å². The number of nitrogens with one attached hydrogen (secondary N) is 1. The summed E-state index contributed by atoms with van der Waals surface area (Å²) in [5.74, 6) is 1.57. The smallest absolute Gasteiger partial charge is 0.254 e. The van der Waals surface area contributed by atoms with Crippen molar-refractivity contribution in [1.82, 2.24) is 19.8 Å². The van der Waals surface area contributed by atoms with Crippen molar-refractivity contribution in [2.45, 2.75) is 53.2 Å². The van der Waals surface area contributed by atoms with E-state index in [1.54, 1.807) is 0 Å². The van der Waals surface area contributed by atoms with Crippen LogP contribution in [0.4, 0.5) is 0 Å². The molecule has 1 N–H and O–H groups in total. The van der Waals surface area contributed by atoms with Crippen molar-refractivity contribution in [3.8, 4) is 0 Å². The molecule has 160 valence electrons. The molecule has 1 aromatic heterocycles. The Morgan fingerprint density at radius 2 is 1.97 bits per heavy atom. The molecule has 5 heteroatoms. The molecule has 0 radical (unpaired) electrons. The number of para-hydroxylation sites is 2. The van der Waals surface area contributed by atoms with Gasteiger partial charge in [-0.25, -0.2) is 4.98 Å². The highest BCUT2D eigenvalue weighted by Gasteiger charge is 2.20. The summed E-state index contributed by atoms with van der Waals surface area (Å²) in [6.45, 7) is 9.47. The molecule has 0 aliphatic rings. The summed E-state index contributed by atoms with van der Waals surface area (Å²) in [7, 11) is 1.92. The highest BCUT2D eigenvalue weighted by molar-refractivity contribution is 5.94. The molecular formula is C25H34N4O. The second-order valence-electron chi connectivity index (χ2n) is 8.31. The van der Waals surface area contributed by atoms with E-state index in [1.807, 2.05) is 48.3 Å². The summed E-state index contributed by atoms with van der Waals surface area (Å²) >= 11 is 0. The number of hydrogen-bond acceptors (Lipinski definition) is 3. The lowest BCUT2D eigenvalue weighted by molar-refractivity contribution is 0.0729. The normalized spacial score (nSPS) is 11.4. The third-order valence-electron chi connectivity index (χ3n) is 5.33. The van der Waals surface area contributed by atoms with E-state index in [0.29, 0.717) is 12.5 Å². The van der Waals surface area contributed by atoms with Crippen molar-refractivity contribution >= 4 is 16.9 Å². The van der Waals surface area contributed by atoms with Gasteiger partial charge in [-0.05, 0) is 55.6 Å². The lowest BCUT2D eigenvalue weighted by Gasteiger charge is -2.24. The molecule has 0 unspecified atom stereocenters. The minimum atomic E-state index is 0.0729. The van der Waals surface area contributed by atoms with E-state index in [4.69, 9.17) is 4.98 Å². The van der Waals surface area contributed by atoms with E-state index < -0.39 is 0 Å². The molecule has 3 aromatic rings. The SMILES string of the molecule is CCCn1c(CN(CCC(C)C)C(=O)c2cccc(CNC)c2)nc2ccccc21. The Balaban J connectivity index is 1.92. The predicted octanol–water partition coefficient (Wildman–Crippen LogP) is 4.85. The summed E-state index contributed by atoms with van der Waals surface area (Å²) in [5.41, 5.74) is 3.99. The summed E-state index contributed by atoms with van der Waals surface area (Å²) in [4.78, 5) is 20.3. The highest BCUT2D eigenvalue weighted by atomic mass is 16.2. The van der Waals surface area contributed by atoms with E-state index in [1.165, 1.54) is 0 Å². The molecule has 30 heavy (non-hydrogen) atoms. The van der Waals surface area contributed by atoms with Crippen molar-refractivity contribution in [3.05, 3.63) is 65.5 Å². The number of nitrogens with zero attached hydrogens (tertiary/aromatic N) is 3. The maximum absolute atomic E-state index is 13.5. The molecule has 0 atom stereocenters. The first-order valence-corrected chi connectivity index (χ1v) is 11.0. The van der Waals surface area contributed by atoms with Gasteiger partial charge >= 0.3 is 0 Å². The summed E-state index contributed by atoms with van der Waals surface area (Å²) < 4.78 is 2.27. The van der Waals surface area contributed by atoms with Crippen LogP contribution in [0.2, 0.25) is 0 Å². The Bertz CT molecular complexity index is 976. The maximum Gasteiger partial charge on any atom is 0.254 e. The van der Waals surface area contributed by atoms with E-state index in [2.05, 4.69) is 42.8 Å². The molecule has 0 spiro atoms. The lowest BCUT2D eigenvalue weighted by atomic mass is 10.1. The first-order chi connectivity index (χ1) is 14.5. The molecular weight excluding hydrogens is 372 g/mol. The second kappa shape index (κ2) is 10.4. The van der Waals surface area contributed by atoms with Gasteiger partial charge in [0.1, 0.15) is 5.82 Å². The van der Waals surface area contributed by atoms with Gasteiger partial charge in [-0.3, -0.25) is 4.79 Å². The van der Waals surface area contributed by atoms with Crippen LogP contribution in [0, 0.1) is 5.92 Å². The van der Waals surface area contributed by atoms with Crippen LogP contribution in [0.5, 0.6) is 0 Å². The third-order valence-corrected chi connectivity index (χ3v) is 5.33. The van der Waals surface area contributed by atoms with Gasteiger partial charge in [-0.1, -0.05) is 45.0 Å². The number of aromatic nitrogens is 2. The van der Waals surface area contributed by atoms with Gasteiger partial charge in [0, 0.05) is 25.2 Å². The molecule has 0 aliphatic heterocycles. The first-order valence-electron chi connectivity index (χ1n) is 11.0. The Hall–Kier alpha value is -2.66. The maximum atomic E-state index is 13.5. The zero-order valence-corrected chi connectivity index (χ0v) is 18.7. The van der Waals surface area contributed by atoms with Gasteiger partial charge in [0.15, 0.2) is 0 Å². The highest BCUT2D eigenvalue weighted by Crippen LogP contribution is 2.20. The van der Waals surface area contributed by atoms with Crippen LogP contribution < -0.4 is 5.32 Å². The number of carbonyl (C=O) groups excluding carboxylic acids is 1. The molecule has 0 bridgehead atoms. The van der Waals surface area contributed by atoms with Crippen LogP contribution in [-0.2, 0) is 19.6 Å². The molecule has 1 amide bonds. The zero-order valence-electron chi connectivity index (χ0n) is 18.7. The van der Waals surface area contributed by atoms with Crippen molar-refractivity contribution in [3.63, 3.8) is 0 Å². The largest absolute Gasteiger partial charge is 0.331 e. The van der Waals surface area contributed by atoms with E-state index >= 15 is 0 Å². The van der Waals surface area contributed by atoms with Gasteiger partial charge < -0.3 is 14.8 Å². The van der Waals surface area contributed by atoms with Gasteiger partial charge in [0.05, 0.1) is 17.6 Å². The van der Waals surface area contributed by atoms with Crippen molar-refractivity contribution < 1.29 is 4.79 Å². The van der Waals surface area contributed by atoms with Crippen LogP contribution in [0.25, 0.3) is 11.0 Å². The molecule has 3 rings (SSSR count). The minimum absolute atomic E-state index is 0.0729. The van der Waals surface area contributed by atoms with Gasteiger partial charge in [-0.15, -0.1) is 0 Å². The number of rotatable bonds is 10. The first kappa shape index (κ1) is 22.0. The fourth-order valence-electron chi connectivity index (χ4n) is 3.76. The Morgan fingerprint density at radius 1 is 1.17 bits per heavy atom. The topological polar surface area (TPSA) is 50.2 Å². The van der Waals surface area contributed by atoms with Crippen LogP contribution in [-0.4, -0.2) is 34.0 Å². The molecule has 1 heterocycles. The summed E-state index contributed by atoms with van der Waals surface area (Å²) in [5, 5.41) is 3.16. The Labute approximate surface area is 180 Å². The van der Waals surface area contributed by atoms with Crippen molar-refractivity contribution in [2.24, 2.45) is 5.92 Å². The molecule has 0 fully saturated rings. The predicted molar refractivity (Wildman–Crippen MR) is 123 cm³/mol. The molecule has 0 saturated heterocycles. The van der Waals surface area contributed by atoms with Gasteiger partial charge in [0.25, 0.3) is 5.91 Å². The number of carbonyl (C=O) groups is 1. The minimum Gasteiger partial charge on any atom is -0.331 e. The monoisotopic (exact) mass is 406 g/mol. The average molecular weight is 407 g/mol. The number of aryl methyl sites for hydroxylation is 1. The number of amides is 1. The van der Waals surface area contributed by atoms with Crippen LogP contribution in [0.15, 0.2) is 48.5 Å². The average Bonchev–Trinajstić information content (AvgIpc) is 3.08. The molecule has 2 aromatic carbocycles. The summed E-state index contributed by atoms with van der Waals surface area (Å²) in [6, 6.07) is 16.2. The second-order valence-corrected chi connectivity index (χ2v) is 8.31. The van der Waals surface area contributed by atoms with Crippen molar-refractivity contribution in [2.75, 3.05) is 13.6 Å². The number of imidazole rings is 1. The third kappa shape index (κ3) is 5.28. The summed E-state index contributed by atoms with van der Waals surface area (Å²) in [6.07, 6.45) is 2.00. The van der Waals surface area contributed by atoms with E-state index in [9.17, 15) is 4.79 Å². The number of benzene rings is 2.